The highest BCUT2D eigenvalue weighted by atomic mass is 19.4. The largest absolute Gasteiger partial charge is 0.573 e. The van der Waals surface area contributed by atoms with Crippen LogP contribution in [0.5, 0.6) is 11.5 Å². The monoisotopic (exact) mass is 448 g/mol. The summed E-state index contributed by atoms with van der Waals surface area (Å²) in [6, 6.07) is 9.81. The lowest BCUT2D eigenvalue weighted by atomic mass is 9.75. The number of nitrogens with zero attached hydrogens (tertiary/aromatic N) is 1. The van der Waals surface area contributed by atoms with Crippen molar-refractivity contribution in [2.24, 2.45) is 0 Å². The Bertz CT molecular complexity index is 1040. The van der Waals surface area contributed by atoms with E-state index in [0.717, 1.165) is 35.4 Å². The van der Waals surface area contributed by atoms with Crippen LogP contribution in [-0.2, 0) is 17.7 Å². The first kappa shape index (κ1) is 23.4. The number of ether oxygens (including phenoxy) is 2. The van der Waals surface area contributed by atoms with Gasteiger partial charge in [0.1, 0.15) is 18.1 Å². The molecule has 1 aliphatic rings. The number of carbonyl (C=O) groups is 1. The number of nitrogens with one attached hydrogen (secondary N) is 1. The molecule has 168 valence electrons. The summed E-state index contributed by atoms with van der Waals surface area (Å²) in [7, 11) is -1.05. The van der Waals surface area contributed by atoms with E-state index >= 15 is 0 Å². The number of nitriles is 1. The van der Waals surface area contributed by atoms with Gasteiger partial charge in [0.2, 0.25) is 0 Å². The molecule has 0 spiro atoms. The van der Waals surface area contributed by atoms with E-state index in [2.05, 4.69) is 10.1 Å². The maximum Gasteiger partial charge on any atom is 0.573 e. The van der Waals surface area contributed by atoms with Crippen LogP contribution in [0.2, 0.25) is 0 Å². The SMILES string of the molecule is CCc1c(OC[C@](C)(C#N)NC(=O)c2ccc(OC(F)(F)F)cc2)ccc2c1B(O)OC2. The average molecular weight is 448 g/mol. The third-order valence-electron chi connectivity index (χ3n) is 4.90. The number of halogens is 3. The standard InChI is InChI=1S/C21H20BF3N2O5/c1-3-16-17(9-6-14-10-31-22(29)18(14)16)30-12-20(2,11-26)27-19(28)13-4-7-15(8-5-13)32-21(23,24)25/h4-9,29H,3,10,12H2,1-2H3,(H,27,28)/t20-/m0/s1. The van der Waals surface area contributed by atoms with Gasteiger partial charge in [-0.2, -0.15) is 5.26 Å². The lowest BCUT2D eigenvalue weighted by Crippen LogP contribution is -2.49. The number of benzene rings is 2. The van der Waals surface area contributed by atoms with Crippen LogP contribution in [0.1, 0.15) is 35.3 Å². The van der Waals surface area contributed by atoms with Crippen molar-refractivity contribution in [2.45, 2.75) is 38.8 Å². The van der Waals surface area contributed by atoms with Crippen molar-refractivity contribution >= 4 is 18.5 Å². The second-order valence-corrected chi connectivity index (χ2v) is 7.39. The smallest absolute Gasteiger partial charge is 0.490 e. The molecule has 0 bridgehead atoms. The lowest BCUT2D eigenvalue weighted by Gasteiger charge is -2.25. The number of carbonyl (C=O) groups excluding carboxylic acids is 1. The quantitative estimate of drug-likeness (QED) is 0.632. The van der Waals surface area contributed by atoms with Gasteiger partial charge in [0.05, 0.1) is 12.7 Å². The zero-order valence-corrected chi connectivity index (χ0v) is 17.3. The summed E-state index contributed by atoms with van der Waals surface area (Å²) in [5.41, 5.74) is 0.870. The van der Waals surface area contributed by atoms with Crippen LogP contribution in [-0.4, -0.2) is 36.6 Å². The summed E-state index contributed by atoms with van der Waals surface area (Å²) in [5, 5.41) is 22.2. The van der Waals surface area contributed by atoms with Crippen molar-refractivity contribution in [3.05, 3.63) is 53.1 Å². The third-order valence-corrected chi connectivity index (χ3v) is 4.90. The minimum atomic E-state index is -4.84. The van der Waals surface area contributed by atoms with Crippen molar-refractivity contribution in [2.75, 3.05) is 6.61 Å². The van der Waals surface area contributed by atoms with Gasteiger partial charge >= 0.3 is 13.5 Å². The third kappa shape index (κ3) is 5.33. The summed E-state index contributed by atoms with van der Waals surface area (Å²) in [4.78, 5) is 12.5. The Morgan fingerprint density at radius 1 is 1.28 bits per heavy atom. The molecule has 0 saturated carbocycles. The van der Waals surface area contributed by atoms with E-state index in [-0.39, 0.29) is 12.2 Å². The van der Waals surface area contributed by atoms with E-state index < -0.39 is 30.7 Å². The maximum absolute atomic E-state index is 12.5. The Balaban J connectivity index is 1.69. The molecule has 1 amide bonds. The molecule has 2 N–H and O–H groups in total. The molecule has 1 atom stereocenters. The van der Waals surface area contributed by atoms with Crippen LogP contribution in [0, 0.1) is 11.3 Å². The number of amides is 1. The minimum Gasteiger partial charge on any atom is -0.490 e. The first-order valence-corrected chi connectivity index (χ1v) is 9.72. The molecule has 1 aliphatic heterocycles. The predicted octanol–water partition coefficient (Wildman–Crippen LogP) is 2.46. The van der Waals surface area contributed by atoms with Gasteiger partial charge < -0.3 is 24.5 Å². The van der Waals surface area contributed by atoms with E-state index in [4.69, 9.17) is 9.39 Å². The second-order valence-electron chi connectivity index (χ2n) is 7.39. The Hall–Kier alpha value is -3.23. The lowest BCUT2D eigenvalue weighted by molar-refractivity contribution is -0.274. The van der Waals surface area contributed by atoms with Gasteiger partial charge in [-0.3, -0.25) is 4.79 Å². The highest BCUT2D eigenvalue weighted by Crippen LogP contribution is 2.25. The summed E-state index contributed by atoms with van der Waals surface area (Å²) in [6.45, 7) is 3.45. The van der Waals surface area contributed by atoms with E-state index in [0.29, 0.717) is 24.2 Å². The topological polar surface area (TPSA) is 101 Å². The molecule has 1 heterocycles. The molecular weight excluding hydrogens is 428 g/mol. The van der Waals surface area contributed by atoms with Gasteiger partial charge in [-0.1, -0.05) is 13.0 Å². The number of hydrogen-bond acceptors (Lipinski definition) is 6. The normalized spacial score (nSPS) is 14.8. The highest BCUT2D eigenvalue weighted by Gasteiger charge is 2.33. The first-order chi connectivity index (χ1) is 15.0. The van der Waals surface area contributed by atoms with Gasteiger partial charge in [0, 0.05) is 5.56 Å². The molecule has 2 aromatic rings. The van der Waals surface area contributed by atoms with Gasteiger partial charge in [-0.25, -0.2) is 0 Å². The second kappa shape index (κ2) is 9.10. The predicted molar refractivity (Wildman–Crippen MR) is 108 cm³/mol. The van der Waals surface area contributed by atoms with E-state index in [1.54, 1.807) is 12.1 Å². The molecule has 0 fully saturated rings. The Kier molecular flexibility index (Phi) is 6.67. The fourth-order valence-electron chi connectivity index (χ4n) is 3.33. The maximum atomic E-state index is 12.5. The fraction of sp³-hybridized carbons (Fsp3) is 0.333. The molecular formula is C21H20BF3N2O5. The van der Waals surface area contributed by atoms with E-state index in [1.807, 2.05) is 13.0 Å². The number of hydrogen-bond donors (Lipinski definition) is 2. The van der Waals surface area contributed by atoms with Crippen molar-refractivity contribution in [1.29, 1.82) is 5.26 Å². The molecule has 11 heteroatoms. The zero-order chi connectivity index (χ0) is 23.5. The van der Waals surface area contributed by atoms with Crippen molar-refractivity contribution in [3.8, 4) is 17.6 Å². The van der Waals surface area contributed by atoms with Crippen molar-refractivity contribution in [3.63, 3.8) is 0 Å². The summed E-state index contributed by atoms with van der Waals surface area (Å²) >= 11 is 0. The van der Waals surface area contributed by atoms with Crippen molar-refractivity contribution in [1.82, 2.24) is 5.32 Å². The van der Waals surface area contributed by atoms with Crippen LogP contribution >= 0.6 is 0 Å². The molecule has 3 rings (SSSR count). The Morgan fingerprint density at radius 3 is 2.56 bits per heavy atom. The number of fused-ring (bicyclic) bond motifs is 1. The highest BCUT2D eigenvalue weighted by molar-refractivity contribution is 6.62. The minimum absolute atomic E-state index is 0.0491. The molecule has 0 radical (unpaired) electrons. The molecule has 7 nitrogen and oxygen atoms in total. The molecule has 2 aromatic carbocycles. The fourth-order valence-corrected chi connectivity index (χ4v) is 3.33. The summed E-state index contributed by atoms with van der Waals surface area (Å²) in [5.74, 6) is -0.667. The Morgan fingerprint density at radius 2 is 1.97 bits per heavy atom. The van der Waals surface area contributed by atoms with Gasteiger partial charge in [-0.15, -0.1) is 13.2 Å². The van der Waals surface area contributed by atoms with Crippen molar-refractivity contribution < 1.29 is 37.1 Å². The number of rotatable bonds is 7. The van der Waals surface area contributed by atoms with E-state index in [1.165, 1.54) is 6.92 Å². The van der Waals surface area contributed by atoms with Crippen LogP contribution in [0.4, 0.5) is 13.2 Å². The van der Waals surface area contributed by atoms with E-state index in [9.17, 15) is 28.3 Å². The molecule has 0 aliphatic carbocycles. The van der Waals surface area contributed by atoms with Crippen LogP contribution < -0.4 is 20.3 Å². The van der Waals surface area contributed by atoms with Gasteiger partial charge in [0.15, 0.2) is 5.54 Å². The summed E-state index contributed by atoms with van der Waals surface area (Å²) < 4.78 is 51.6. The van der Waals surface area contributed by atoms with Crippen LogP contribution in [0.25, 0.3) is 0 Å². The molecule has 0 unspecified atom stereocenters. The van der Waals surface area contributed by atoms with Gasteiger partial charge in [-0.05, 0) is 60.3 Å². The molecule has 0 saturated heterocycles. The Labute approximate surface area is 182 Å². The first-order valence-electron chi connectivity index (χ1n) is 9.72. The summed E-state index contributed by atoms with van der Waals surface area (Å²) in [6.07, 6.45) is -4.28. The zero-order valence-electron chi connectivity index (χ0n) is 17.3. The average Bonchev–Trinajstić information content (AvgIpc) is 3.12. The molecule has 0 aromatic heterocycles. The van der Waals surface area contributed by atoms with Gasteiger partial charge in [0.25, 0.3) is 5.91 Å². The van der Waals surface area contributed by atoms with Crippen LogP contribution in [0.15, 0.2) is 36.4 Å². The van der Waals surface area contributed by atoms with Crippen LogP contribution in [0.3, 0.4) is 0 Å². The number of alkyl halides is 3. The molecule has 32 heavy (non-hydrogen) atoms.